The number of aryl methyl sites for hydroxylation is 1. The maximum Gasteiger partial charge on any atom is 0.429 e. The van der Waals surface area contributed by atoms with Gasteiger partial charge in [-0.05, 0) is 49.2 Å². The normalized spacial score (nSPS) is 18.5. The molecule has 0 saturated carbocycles. The van der Waals surface area contributed by atoms with E-state index in [1.54, 1.807) is 6.92 Å². The van der Waals surface area contributed by atoms with E-state index in [-0.39, 0.29) is 21.5 Å². The van der Waals surface area contributed by atoms with Crippen molar-refractivity contribution in [2.75, 3.05) is 12.8 Å². The summed E-state index contributed by atoms with van der Waals surface area (Å²) >= 11 is 11.9. The van der Waals surface area contributed by atoms with Gasteiger partial charge in [0.2, 0.25) is 0 Å². The van der Waals surface area contributed by atoms with Gasteiger partial charge in [0.05, 0.1) is 5.70 Å². The first-order chi connectivity index (χ1) is 16.2. The van der Waals surface area contributed by atoms with E-state index >= 15 is 0 Å². The summed E-state index contributed by atoms with van der Waals surface area (Å²) in [6, 6.07) is 7.32. The van der Waals surface area contributed by atoms with Crippen LogP contribution in [0.3, 0.4) is 0 Å². The molecule has 1 aliphatic heterocycles. The van der Waals surface area contributed by atoms with E-state index in [0.717, 1.165) is 25.0 Å². The van der Waals surface area contributed by atoms with Gasteiger partial charge in [-0.2, -0.15) is 13.2 Å². The molecule has 35 heavy (non-hydrogen) atoms. The fourth-order valence-electron chi connectivity index (χ4n) is 3.88. The summed E-state index contributed by atoms with van der Waals surface area (Å²) < 4.78 is 69.5. The van der Waals surface area contributed by atoms with Gasteiger partial charge in [-0.3, -0.25) is 10.3 Å². The molecular formula is C23H23Cl2F3N2O4S. The Bertz CT molecular complexity index is 1280. The number of amides is 1. The Hall–Kier alpha value is -2.27. The van der Waals surface area contributed by atoms with Crippen molar-refractivity contribution in [1.29, 1.82) is 0 Å². The van der Waals surface area contributed by atoms with E-state index < -0.39 is 37.8 Å². The van der Waals surface area contributed by atoms with Crippen LogP contribution in [0.1, 0.15) is 46.8 Å². The fourth-order valence-corrected chi connectivity index (χ4v) is 5.73. The number of hydroxylamine groups is 1. The minimum atomic E-state index is -5.22. The van der Waals surface area contributed by atoms with Crippen LogP contribution < -0.4 is 10.8 Å². The summed E-state index contributed by atoms with van der Waals surface area (Å²) in [5.74, 6) is -0.339. The molecule has 2 aromatic rings. The molecule has 1 aliphatic rings. The topological polar surface area (TPSA) is 84.5 Å². The van der Waals surface area contributed by atoms with Crippen molar-refractivity contribution in [3.8, 4) is 0 Å². The van der Waals surface area contributed by atoms with Crippen molar-refractivity contribution in [2.24, 2.45) is 0 Å². The van der Waals surface area contributed by atoms with Crippen LogP contribution in [0, 0.1) is 6.92 Å². The van der Waals surface area contributed by atoms with E-state index in [0.29, 0.717) is 23.9 Å². The van der Waals surface area contributed by atoms with Crippen molar-refractivity contribution >= 4 is 44.6 Å². The van der Waals surface area contributed by atoms with Crippen molar-refractivity contribution in [2.45, 2.75) is 38.5 Å². The van der Waals surface area contributed by atoms with Crippen LogP contribution in [0.4, 0.5) is 13.2 Å². The second-order valence-corrected chi connectivity index (χ2v) is 11.0. The standard InChI is InChI=1S/C23H23Cl2F3N2O4S/c1-4-5-8-29-21(31)18-7-6-14(9-13(18)2)19-20(35(3,32)33)22(34-30-19,23(26,27)28)15-10-16(24)12-17(25)11-15/h6-7,9-12,30H,4-5,8H2,1-3H3,(H,29,31). The second kappa shape index (κ2) is 10.0. The van der Waals surface area contributed by atoms with Crippen LogP contribution in [0.15, 0.2) is 41.3 Å². The lowest BCUT2D eigenvalue weighted by Crippen LogP contribution is -2.46. The van der Waals surface area contributed by atoms with Crippen LogP contribution in [0.25, 0.3) is 5.70 Å². The monoisotopic (exact) mass is 550 g/mol. The number of benzene rings is 2. The molecule has 0 spiro atoms. The highest BCUT2D eigenvalue weighted by Crippen LogP contribution is 2.54. The number of hydrogen-bond acceptors (Lipinski definition) is 5. The molecule has 1 amide bonds. The quantitative estimate of drug-likeness (QED) is 0.442. The lowest BCUT2D eigenvalue weighted by atomic mass is 9.90. The van der Waals surface area contributed by atoms with E-state index in [9.17, 15) is 26.4 Å². The SMILES string of the molecule is CCCCNC(=O)c1ccc(C2=C(S(C)(=O)=O)C(c3cc(Cl)cc(Cl)c3)(C(F)(F)F)ON2)cc1C. The van der Waals surface area contributed by atoms with Crippen LogP contribution in [-0.4, -0.2) is 33.3 Å². The Labute approximate surface area is 211 Å². The maximum atomic E-state index is 14.6. The van der Waals surface area contributed by atoms with Gasteiger partial charge in [0.15, 0.2) is 9.84 Å². The molecule has 1 atom stereocenters. The number of carbonyl (C=O) groups is 1. The van der Waals surface area contributed by atoms with Gasteiger partial charge < -0.3 is 5.32 Å². The Kier molecular flexibility index (Phi) is 7.81. The molecular weight excluding hydrogens is 528 g/mol. The van der Waals surface area contributed by atoms with E-state index in [1.807, 2.05) is 6.92 Å². The van der Waals surface area contributed by atoms with Crippen LogP contribution in [0.2, 0.25) is 10.0 Å². The zero-order chi connectivity index (χ0) is 26.2. The summed E-state index contributed by atoms with van der Waals surface area (Å²) in [6.07, 6.45) is -2.87. The second-order valence-electron chi connectivity index (χ2n) is 8.16. The summed E-state index contributed by atoms with van der Waals surface area (Å²) in [7, 11) is -4.51. The summed E-state index contributed by atoms with van der Waals surface area (Å²) in [5, 5.41) is 2.51. The molecule has 3 rings (SSSR count). The third-order valence-corrected chi connectivity index (χ3v) is 7.14. The Morgan fingerprint density at radius 1 is 1.14 bits per heavy atom. The lowest BCUT2D eigenvalue weighted by Gasteiger charge is -2.32. The zero-order valence-corrected chi connectivity index (χ0v) is 21.3. The third kappa shape index (κ3) is 5.30. The number of sulfone groups is 1. The number of carbonyl (C=O) groups excluding carboxylic acids is 1. The Morgan fingerprint density at radius 3 is 2.29 bits per heavy atom. The minimum Gasteiger partial charge on any atom is -0.352 e. The molecule has 0 bridgehead atoms. The molecule has 0 fully saturated rings. The van der Waals surface area contributed by atoms with Crippen LogP contribution >= 0.6 is 23.2 Å². The number of rotatable bonds is 7. The molecule has 2 N–H and O–H groups in total. The molecule has 6 nitrogen and oxygen atoms in total. The lowest BCUT2D eigenvalue weighted by molar-refractivity contribution is -0.271. The van der Waals surface area contributed by atoms with Gasteiger partial charge >= 0.3 is 6.18 Å². The summed E-state index contributed by atoms with van der Waals surface area (Å²) in [4.78, 5) is 16.5. The first kappa shape index (κ1) is 27.3. The molecule has 0 aliphatic carbocycles. The number of alkyl halides is 3. The summed E-state index contributed by atoms with van der Waals surface area (Å²) in [6.45, 7) is 4.06. The fraction of sp³-hybridized carbons (Fsp3) is 0.348. The van der Waals surface area contributed by atoms with Gasteiger partial charge in [-0.1, -0.05) is 42.6 Å². The van der Waals surface area contributed by atoms with Crippen molar-refractivity contribution in [1.82, 2.24) is 10.8 Å². The molecule has 190 valence electrons. The van der Waals surface area contributed by atoms with Gasteiger partial charge in [0.1, 0.15) is 4.91 Å². The van der Waals surface area contributed by atoms with Gasteiger partial charge in [-0.15, -0.1) is 0 Å². The first-order valence-corrected chi connectivity index (χ1v) is 13.2. The molecule has 0 saturated heterocycles. The largest absolute Gasteiger partial charge is 0.429 e. The van der Waals surface area contributed by atoms with Crippen LogP contribution in [-0.2, 0) is 20.3 Å². The number of halogens is 5. The van der Waals surface area contributed by atoms with E-state index in [2.05, 4.69) is 10.8 Å². The molecule has 2 aromatic carbocycles. The highest BCUT2D eigenvalue weighted by molar-refractivity contribution is 7.94. The maximum absolute atomic E-state index is 14.6. The number of hydrogen-bond donors (Lipinski definition) is 2. The predicted octanol–water partition coefficient (Wildman–Crippen LogP) is 5.54. The van der Waals surface area contributed by atoms with Gasteiger partial charge in [0, 0.05) is 39.5 Å². The Morgan fingerprint density at radius 2 is 1.77 bits per heavy atom. The molecule has 1 unspecified atom stereocenters. The van der Waals surface area contributed by atoms with Crippen molar-refractivity contribution in [3.63, 3.8) is 0 Å². The molecule has 0 aromatic heterocycles. The van der Waals surface area contributed by atoms with Gasteiger partial charge in [-0.25, -0.2) is 13.3 Å². The average Bonchev–Trinajstić information content (AvgIpc) is 3.15. The van der Waals surface area contributed by atoms with E-state index in [4.69, 9.17) is 28.0 Å². The van der Waals surface area contributed by atoms with Gasteiger partial charge in [0.25, 0.3) is 11.5 Å². The molecule has 1 heterocycles. The van der Waals surface area contributed by atoms with Crippen molar-refractivity contribution < 1.29 is 31.2 Å². The highest BCUT2D eigenvalue weighted by Gasteiger charge is 2.67. The predicted molar refractivity (Wildman–Crippen MR) is 129 cm³/mol. The number of unbranched alkanes of at least 4 members (excludes halogenated alkanes) is 1. The number of nitrogens with one attached hydrogen (secondary N) is 2. The first-order valence-electron chi connectivity index (χ1n) is 10.5. The minimum absolute atomic E-state index is 0.0901. The highest BCUT2D eigenvalue weighted by atomic mass is 35.5. The smallest absolute Gasteiger partial charge is 0.352 e. The molecule has 12 heteroatoms. The average molecular weight is 551 g/mol. The zero-order valence-electron chi connectivity index (χ0n) is 19.0. The Balaban J connectivity index is 2.22. The van der Waals surface area contributed by atoms with Crippen molar-refractivity contribution in [3.05, 3.63) is 73.6 Å². The third-order valence-electron chi connectivity index (χ3n) is 5.47. The summed E-state index contributed by atoms with van der Waals surface area (Å²) in [5.41, 5.74) is -1.39. The van der Waals surface area contributed by atoms with Crippen LogP contribution in [0.5, 0.6) is 0 Å². The molecule has 0 radical (unpaired) electrons. The van der Waals surface area contributed by atoms with E-state index in [1.165, 1.54) is 24.3 Å².